The van der Waals surface area contributed by atoms with Crippen LogP contribution < -0.4 is 35.8 Å². The Balaban J connectivity index is 0.000000196. The van der Waals surface area contributed by atoms with Crippen molar-refractivity contribution in [1.82, 2.24) is 14.7 Å². The Morgan fingerprint density at radius 2 is 0.811 bits per heavy atom. The van der Waals surface area contributed by atoms with Gasteiger partial charge in [0.2, 0.25) is 5.91 Å². The molecule has 2 N–H and O–H groups in total. The molecule has 2 saturated heterocycles. The van der Waals surface area contributed by atoms with E-state index in [1.807, 2.05) is 130 Å². The summed E-state index contributed by atoms with van der Waals surface area (Å²) in [6.45, 7) is 26.3. The van der Waals surface area contributed by atoms with Gasteiger partial charge < -0.3 is 34.4 Å². The van der Waals surface area contributed by atoms with E-state index in [9.17, 15) is 34.2 Å². The van der Waals surface area contributed by atoms with E-state index in [4.69, 9.17) is 9.47 Å². The first-order chi connectivity index (χ1) is 53.3. The van der Waals surface area contributed by atoms with Gasteiger partial charge in [-0.05, 0) is 305 Å². The van der Waals surface area contributed by atoms with E-state index in [1.165, 1.54) is 39.1 Å². The number of amides is 3. The first-order valence-electron chi connectivity index (χ1n) is 39.1. The van der Waals surface area contributed by atoms with Crippen LogP contribution in [0.5, 0.6) is 34.5 Å². The van der Waals surface area contributed by atoms with Crippen molar-refractivity contribution in [3.05, 3.63) is 313 Å². The predicted octanol–water partition coefficient (Wildman–Crippen LogP) is 17.6. The molecular weight excluding hydrogens is 1430 g/mol. The third-order valence-electron chi connectivity index (χ3n) is 23.7. The van der Waals surface area contributed by atoms with Gasteiger partial charge in [0.05, 0.1) is 6.16 Å². The molecule has 4 aliphatic heterocycles. The summed E-state index contributed by atoms with van der Waals surface area (Å²) >= 11 is 0. The lowest BCUT2D eigenvalue weighted by Gasteiger charge is -2.38. The van der Waals surface area contributed by atoms with E-state index < -0.39 is 23.4 Å². The molecule has 0 saturated carbocycles. The van der Waals surface area contributed by atoms with Gasteiger partial charge in [0.1, 0.15) is 73.8 Å². The molecule has 0 bridgehead atoms. The molecule has 0 radical (unpaired) electrons. The Labute approximate surface area is 656 Å². The van der Waals surface area contributed by atoms with Crippen LogP contribution in [0.4, 0.5) is 0 Å². The fraction of sp³-hybridized carbons (Fsp3) is 0.260. The van der Waals surface area contributed by atoms with Crippen LogP contribution in [0, 0.1) is 47.5 Å². The second-order valence-corrected chi connectivity index (χ2v) is 44.0. The molecule has 4 heterocycles. The number of phenols is 2. The average Bonchev–Trinajstić information content (AvgIpc) is 0.725. The second-order valence-electron chi connectivity index (χ2n) is 31.7. The van der Waals surface area contributed by atoms with Crippen molar-refractivity contribution in [2.45, 2.75) is 113 Å². The van der Waals surface area contributed by atoms with E-state index in [0.29, 0.717) is 67.1 Å². The normalized spacial score (nSPS) is 16.4. The highest BCUT2D eigenvalue weighted by Gasteiger charge is 2.46. The molecule has 6 aliphatic rings. The Bertz CT molecular complexity index is 5260. The third kappa shape index (κ3) is 15.3. The van der Waals surface area contributed by atoms with Crippen LogP contribution in [-0.2, 0) is 14.4 Å². The fourth-order valence-electron chi connectivity index (χ4n) is 17.5. The van der Waals surface area contributed by atoms with Gasteiger partial charge in [-0.2, -0.15) is 0 Å². The van der Waals surface area contributed by atoms with E-state index >= 15 is 0 Å². The van der Waals surface area contributed by atoms with Crippen molar-refractivity contribution < 1.29 is 43.7 Å². The van der Waals surface area contributed by atoms with Crippen molar-refractivity contribution in [3.8, 4) is 34.5 Å². The maximum Gasteiger partial charge on any atom is 0.253 e. The maximum absolute atomic E-state index is 14.2. The van der Waals surface area contributed by atoms with Gasteiger partial charge in [0.15, 0.2) is 11.6 Å². The Morgan fingerprint density at radius 1 is 0.432 bits per heavy atom. The number of rotatable bonds is 17. The number of aryl methyl sites for hydroxylation is 6. The quantitative estimate of drug-likeness (QED) is 0.0515. The van der Waals surface area contributed by atoms with E-state index in [2.05, 4.69) is 165 Å². The van der Waals surface area contributed by atoms with Gasteiger partial charge in [-0.15, -0.1) is 0 Å². The van der Waals surface area contributed by atoms with Crippen LogP contribution in [0.25, 0.3) is 11.1 Å². The second kappa shape index (κ2) is 31.9. The number of ether oxygens (including phenoxy) is 2. The van der Waals surface area contributed by atoms with Crippen molar-refractivity contribution in [1.29, 1.82) is 0 Å². The van der Waals surface area contributed by atoms with Crippen LogP contribution in [0.2, 0.25) is 26.2 Å². The highest BCUT2D eigenvalue weighted by atomic mass is 31.2. The molecule has 0 unspecified atom stereocenters. The molecule has 9 aromatic carbocycles. The summed E-state index contributed by atoms with van der Waals surface area (Å²) in [4.78, 5) is 71.1. The van der Waals surface area contributed by atoms with Gasteiger partial charge in [-0.1, -0.05) is 131 Å². The van der Waals surface area contributed by atoms with Crippen molar-refractivity contribution >= 4 is 90.1 Å². The number of carbonyl (C=O) groups is 5. The summed E-state index contributed by atoms with van der Waals surface area (Å²) in [5.41, 5.74) is 15.0. The number of piperazine rings is 1. The number of nitrogens with zero attached hydrogens (tertiary/aromatic N) is 3. The maximum atomic E-state index is 14.2. The zero-order valence-electron chi connectivity index (χ0n) is 65.7. The minimum atomic E-state index is -2.35. The summed E-state index contributed by atoms with van der Waals surface area (Å²) in [7, 11) is -6.52. The Morgan fingerprint density at radius 3 is 1.20 bits per heavy atom. The van der Waals surface area contributed by atoms with E-state index in [0.717, 1.165) is 132 Å². The lowest BCUT2D eigenvalue weighted by atomic mass is 9.87. The Hall–Kier alpha value is -10.8. The van der Waals surface area contributed by atoms with Crippen molar-refractivity contribution in [3.63, 3.8) is 0 Å². The number of allylic oxidation sites excluding steroid dienone is 10. The largest absolute Gasteiger partial charge is 0.507 e. The van der Waals surface area contributed by atoms with Crippen LogP contribution in [0.3, 0.4) is 0 Å². The highest BCUT2D eigenvalue weighted by Crippen LogP contribution is 2.56. The fourth-order valence-corrected chi connectivity index (χ4v) is 28.1. The van der Waals surface area contributed by atoms with Crippen LogP contribution in [0.1, 0.15) is 122 Å². The van der Waals surface area contributed by atoms with Crippen LogP contribution >= 0.6 is 7.26 Å². The number of hydrogen-bond acceptors (Lipinski definition) is 9. The summed E-state index contributed by atoms with van der Waals surface area (Å²) in [6.07, 6.45) is 18.1. The number of aromatic hydroxyl groups is 2. The van der Waals surface area contributed by atoms with Crippen molar-refractivity contribution in [2.75, 3.05) is 45.4 Å². The number of likely N-dealkylation sites (tertiary alicyclic amines) is 1. The zero-order valence-corrected chi connectivity index (χ0v) is 68.6. The lowest BCUT2D eigenvalue weighted by Crippen LogP contribution is -2.50. The Kier molecular flexibility index (Phi) is 22.1. The SMILES string of the molecule is CCC(=O)N1CCN(C(=O)c2ccc(C3=C4C=CC(=O)C=C4[Si](C)(C)c4cc(Oc5cc(C)c(O)c(C)c5)ccc43)c(C)c2)CC1.Cc1cc(C(=O)N2CCC(CCCC[P+](c3ccccc3)(c3ccccc3)c3ccccc3)CC2)ccc1C1=C2C=CC(=O)C=C2[Si](C)(C)c2cc(Oc3cc(C)c(O)c(C)c3)ccc21. The number of ketones is 2. The summed E-state index contributed by atoms with van der Waals surface area (Å²) in [5, 5.41) is 29.5. The molecule has 0 atom stereocenters. The number of benzene rings is 9. The topological polar surface area (TPSA) is 154 Å². The van der Waals surface area contributed by atoms with Gasteiger partial charge in [-0.25, -0.2) is 0 Å². The number of hydrogen-bond donors (Lipinski definition) is 2. The van der Waals surface area contributed by atoms with Crippen LogP contribution in [-0.4, -0.2) is 116 Å². The van der Waals surface area contributed by atoms with Gasteiger partial charge in [0.25, 0.3) is 11.8 Å². The van der Waals surface area contributed by atoms with Crippen molar-refractivity contribution in [2.24, 2.45) is 5.92 Å². The monoisotopic (exact) mass is 1520 g/mol. The first kappa shape index (κ1) is 77.0. The van der Waals surface area contributed by atoms with Crippen LogP contribution in [0.15, 0.2) is 246 Å². The molecule has 9 aromatic rings. The third-order valence-corrected chi connectivity index (χ3v) is 35.3. The lowest BCUT2D eigenvalue weighted by molar-refractivity contribution is -0.132. The predicted molar refractivity (Wildman–Crippen MR) is 457 cm³/mol. The molecule has 15 heteroatoms. The number of phenolic OH excluding ortho intramolecular Hbond substituents is 2. The molecule has 2 fully saturated rings. The summed E-state index contributed by atoms with van der Waals surface area (Å²) < 4.78 is 12.8. The molecule has 0 aromatic heterocycles. The molecular formula is C96H99N3O9PSi2+. The molecule has 2 aliphatic carbocycles. The number of fused-ring (bicyclic) bond motifs is 4. The molecule has 12 nitrogen and oxygen atoms in total. The number of piperidine rings is 1. The molecule has 111 heavy (non-hydrogen) atoms. The van der Waals surface area contributed by atoms with Gasteiger partial charge >= 0.3 is 0 Å². The van der Waals surface area contributed by atoms with E-state index in [1.54, 1.807) is 18.2 Å². The smallest absolute Gasteiger partial charge is 0.253 e. The summed E-state index contributed by atoms with van der Waals surface area (Å²) in [6, 6.07) is 65.5. The van der Waals surface area contributed by atoms with Gasteiger partial charge in [-0.3, -0.25) is 24.0 Å². The average molecular weight is 1530 g/mol. The highest BCUT2D eigenvalue weighted by molar-refractivity contribution is 7.95. The zero-order chi connectivity index (χ0) is 78.2. The molecule has 0 spiro atoms. The molecule has 3 amide bonds. The minimum absolute atomic E-state index is 0.00791. The van der Waals surface area contributed by atoms with E-state index in [-0.39, 0.29) is 40.8 Å². The summed E-state index contributed by atoms with van der Waals surface area (Å²) in [5.74, 6) is 4.09. The number of unbranched alkanes of at least 4 members (excludes halogenated alkanes) is 1. The molecule has 564 valence electrons. The standard InChI is InChI=1S/C58H58NO4PSi.C38H40N2O5Si/c1-40-35-44(24-27-51(40)56-52-28-25-45(60)38-54(52)65(4,5)55-39-46(26-29-53(55)56)63-47-36-41(2)57(61)42(3)37-47)58(62)59-32-30-43(31-33-59)17-15-16-34-64(48-18-9-6-10-19-48,49-20-11-7-12-21-49)50-22-13-8-14-23-50;1-7-35(42)39-14-16-40(17-15-39)38(44)26-8-11-30(23(2)18-26)36-31-12-9-27(41)21-33(31)46(5,6)34-22-28(10-13-32(34)36)45-29-19-24(3)37(43)25(4)20-29/h6-14,18-29,35-39,43H,15-17,30-34H2,1-5H3;8-13,18-22,43H,7,14-17H2,1-6H3/p+1. The first-order valence-corrected chi connectivity index (χ1v) is 47.1. The van der Waals surface area contributed by atoms with Gasteiger partial charge in [0, 0.05) is 56.8 Å². The number of carbonyl (C=O) groups excluding carboxylic acids is 5. The molecule has 15 rings (SSSR count). The minimum Gasteiger partial charge on any atom is -0.507 e.